The van der Waals surface area contributed by atoms with E-state index < -0.39 is 5.60 Å². The van der Waals surface area contributed by atoms with Crippen molar-refractivity contribution in [1.29, 1.82) is 0 Å². The van der Waals surface area contributed by atoms with E-state index in [2.05, 4.69) is 0 Å². The largest absolute Gasteiger partial charge is 0.497 e. The van der Waals surface area contributed by atoms with Gasteiger partial charge in [-0.15, -0.1) is 0 Å². The number of carbonyl (C=O) groups excluding carboxylic acids is 1. The van der Waals surface area contributed by atoms with Crippen molar-refractivity contribution in [3.8, 4) is 5.75 Å². The summed E-state index contributed by atoms with van der Waals surface area (Å²) in [5.41, 5.74) is -0.0153. The van der Waals surface area contributed by atoms with E-state index in [-0.39, 0.29) is 12.1 Å². The van der Waals surface area contributed by atoms with Crippen molar-refractivity contribution in [3.05, 3.63) is 29.8 Å². The van der Waals surface area contributed by atoms with Gasteiger partial charge in [0.1, 0.15) is 11.9 Å². The number of ether oxygens (including phenoxy) is 3. The minimum Gasteiger partial charge on any atom is -0.497 e. The maximum Gasteiger partial charge on any atom is 0.345 e. The Morgan fingerprint density at radius 3 is 2.47 bits per heavy atom. The van der Waals surface area contributed by atoms with Gasteiger partial charge in [0.05, 0.1) is 13.7 Å². The maximum absolute atomic E-state index is 12.0. The number of esters is 1. The van der Waals surface area contributed by atoms with Gasteiger partial charge in [-0.25, -0.2) is 4.79 Å². The second-order valence-electron chi connectivity index (χ2n) is 4.45. The van der Waals surface area contributed by atoms with Crippen molar-refractivity contribution < 1.29 is 19.0 Å². The minimum absolute atomic E-state index is 0.113. The van der Waals surface area contributed by atoms with E-state index >= 15 is 0 Å². The first kappa shape index (κ1) is 10.6. The van der Waals surface area contributed by atoms with Crippen LogP contribution in [-0.2, 0) is 19.9 Å². The molecule has 1 saturated heterocycles. The Kier molecular flexibility index (Phi) is 2.33. The molecule has 1 heterocycles. The van der Waals surface area contributed by atoms with E-state index in [1.54, 1.807) is 7.11 Å². The lowest BCUT2D eigenvalue weighted by molar-refractivity contribution is -0.151. The van der Waals surface area contributed by atoms with Crippen LogP contribution in [0.2, 0.25) is 0 Å². The Balaban J connectivity index is 1.78. The summed E-state index contributed by atoms with van der Waals surface area (Å²) in [6, 6.07) is 7.34. The van der Waals surface area contributed by atoms with Gasteiger partial charge in [0, 0.05) is 0 Å². The fourth-order valence-electron chi connectivity index (χ4n) is 1.77. The lowest BCUT2D eigenvalue weighted by Crippen LogP contribution is -2.25. The number of epoxide rings is 1. The van der Waals surface area contributed by atoms with Crippen LogP contribution in [-0.4, -0.2) is 25.8 Å². The normalized spacial score (nSPS) is 26.4. The summed E-state index contributed by atoms with van der Waals surface area (Å²) in [5.74, 6) is 0.505. The van der Waals surface area contributed by atoms with Crippen molar-refractivity contribution in [2.75, 3.05) is 13.7 Å². The predicted molar refractivity (Wildman–Crippen MR) is 59.7 cm³/mol. The zero-order valence-corrected chi connectivity index (χ0v) is 9.64. The summed E-state index contributed by atoms with van der Waals surface area (Å²) in [4.78, 5) is 12.0. The Morgan fingerprint density at radius 2 is 2.00 bits per heavy atom. The minimum atomic E-state index is -0.852. The Morgan fingerprint density at radius 1 is 1.35 bits per heavy atom. The van der Waals surface area contributed by atoms with E-state index in [0.29, 0.717) is 6.61 Å². The standard InChI is InChI=1S/C13H14O4/c1-15-10-4-2-9(3-5-10)13(8-16-13)12(14)17-11-6-7-11/h2-5,11H,6-8H2,1H3. The first-order valence-corrected chi connectivity index (χ1v) is 5.74. The molecule has 2 aliphatic rings. The molecule has 1 saturated carbocycles. The van der Waals surface area contributed by atoms with Crippen LogP contribution in [0.1, 0.15) is 18.4 Å². The number of rotatable bonds is 4. The Labute approximate surface area is 99.5 Å². The monoisotopic (exact) mass is 234 g/mol. The molecule has 1 atom stereocenters. The van der Waals surface area contributed by atoms with Crippen LogP contribution < -0.4 is 4.74 Å². The molecule has 1 aromatic carbocycles. The van der Waals surface area contributed by atoms with Gasteiger partial charge in [-0.2, -0.15) is 0 Å². The van der Waals surface area contributed by atoms with Crippen LogP contribution >= 0.6 is 0 Å². The average molecular weight is 234 g/mol. The van der Waals surface area contributed by atoms with Crippen molar-refractivity contribution in [2.45, 2.75) is 24.5 Å². The summed E-state index contributed by atoms with van der Waals surface area (Å²) in [6.45, 7) is 0.408. The molecule has 2 fully saturated rings. The molecule has 0 N–H and O–H groups in total. The van der Waals surface area contributed by atoms with Gasteiger partial charge < -0.3 is 14.2 Å². The van der Waals surface area contributed by atoms with Gasteiger partial charge in [0.25, 0.3) is 0 Å². The van der Waals surface area contributed by atoms with Crippen molar-refractivity contribution >= 4 is 5.97 Å². The zero-order valence-electron chi connectivity index (χ0n) is 9.64. The maximum atomic E-state index is 12.0. The molecule has 4 heteroatoms. The predicted octanol–water partition coefficient (Wildman–Crippen LogP) is 1.63. The van der Waals surface area contributed by atoms with Gasteiger partial charge in [0.15, 0.2) is 0 Å². The highest BCUT2D eigenvalue weighted by Crippen LogP contribution is 2.42. The van der Waals surface area contributed by atoms with Gasteiger partial charge in [0.2, 0.25) is 5.60 Å². The highest BCUT2D eigenvalue weighted by atomic mass is 16.6. The Hall–Kier alpha value is -1.55. The number of hydrogen-bond donors (Lipinski definition) is 0. The molecule has 0 radical (unpaired) electrons. The number of carbonyl (C=O) groups is 1. The molecule has 17 heavy (non-hydrogen) atoms. The summed E-state index contributed by atoms with van der Waals surface area (Å²) in [6.07, 6.45) is 2.07. The highest BCUT2D eigenvalue weighted by Gasteiger charge is 2.56. The molecule has 90 valence electrons. The van der Waals surface area contributed by atoms with Crippen LogP contribution in [0.15, 0.2) is 24.3 Å². The molecule has 1 unspecified atom stereocenters. The summed E-state index contributed by atoms with van der Waals surface area (Å²) >= 11 is 0. The summed E-state index contributed by atoms with van der Waals surface area (Å²) in [5, 5.41) is 0. The van der Waals surface area contributed by atoms with Crippen LogP contribution in [0.3, 0.4) is 0 Å². The molecular formula is C13H14O4. The third kappa shape index (κ3) is 1.89. The van der Waals surface area contributed by atoms with Gasteiger partial charge in [-0.05, 0) is 30.5 Å². The van der Waals surface area contributed by atoms with Crippen LogP contribution in [0, 0.1) is 0 Å². The smallest absolute Gasteiger partial charge is 0.345 e. The van der Waals surface area contributed by atoms with E-state index in [0.717, 1.165) is 24.2 Å². The fraction of sp³-hybridized carbons (Fsp3) is 0.462. The summed E-state index contributed by atoms with van der Waals surface area (Å²) in [7, 11) is 1.61. The molecule has 0 bridgehead atoms. The molecule has 0 amide bonds. The van der Waals surface area contributed by atoms with E-state index in [1.165, 1.54) is 0 Å². The van der Waals surface area contributed by atoms with E-state index in [4.69, 9.17) is 14.2 Å². The van der Waals surface area contributed by atoms with Gasteiger partial charge in [-0.3, -0.25) is 0 Å². The average Bonchev–Trinajstić information content (AvgIpc) is 3.23. The number of methoxy groups -OCH3 is 1. The molecular weight excluding hydrogens is 220 g/mol. The SMILES string of the molecule is COc1ccc(C2(C(=O)OC3CC3)CO2)cc1. The van der Waals surface area contributed by atoms with Crippen LogP contribution in [0.25, 0.3) is 0 Å². The van der Waals surface area contributed by atoms with Gasteiger partial charge in [-0.1, -0.05) is 12.1 Å². The van der Waals surface area contributed by atoms with E-state index in [9.17, 15) is 4.79 Å². The third-order valence-electron chi connectivity index (χ3n) is 3.12. The molecule has 0 spiro atoms. The fourth-order valence-corrected chi connectivity index (χ4v) is 1.77. The molecule has 3 rings (SSSR count). The first-order valence-electron chi connectivity index (χ1n) is 5.74. The van der Waals surface area contributed by atoms with Crippen LogP contribution in [0.4, 0.5) is 0 Å². The first-order chi connectivity index (χ1) is 8.24. The molecule has 0 aromatic heterocycles. The quantitative estimate of drug-likeness (QED) is 0.586. The lowest BCUT2D eigenvalue weighted by Gasteiger charge is -2.12. The third-order valence-corrected chi connectivity index (χ3v) is 3.12. The van der Waals surface area contributed by atoms with Crippen molar-refractivity contribution in [2.24, 2.45) is 0 Å². The van der Waals surface area contributed by atoms with Gasteiger partial charge >= 0.3 is 5.97 Å². The highest BCUT2D eigenvalue weighted by molar-refractivity contribution is 5.84. The molecule has 1 aliphatic carbocycles. The summed E-state index contributed by atoms with van der Waals surface area (Å²) < 4.78 is 15.7. The van der Waals surface area contributed by atoms with Crippen LogP contribution in [0.5, 0.6) is 5.75 Å². The van der Waals surface area contributed by atoms with Crippen molar-refractivity contribution in [1.82, 2.24) is 0 Å². The number of hydrogen-bond acceptors (Lipinski definition) is 4. The van der Waals surface area contributed by atoms with Crippen molar-refractivity contribution in [3.63, 3.8) is 0 Å². The van der Waals surface area contributed by atoms with E-state index in [1.807, 2.05) is 24.3 Å². The molecule has 4 nitrogen and oxygen atoms in total. The molecule has 1 aromatic rings. The lowest BCUT2D eigenvalue weighted by atomic mass is 10.0. The second kappa shape index (κ2) is 3.74. The molecule has 1 aliphatic heterocycles. The zero-order chi connectivity index (χ0) is 11.9. The topological polar surface area (TPSA) is 48.1 Å². The second-order valence-corrected chi connectivity index (χ2v) is 4.45. The number of benzene rings is 1. The Bertz CT molecular complexity index is 429.